The Morgan fingerprint density at radius 2 is 1.78 bits per heavy atom. The van der Waals surface area contributed by atoms with Crippen molar-refractivity contribution < 1.29 is 37.1 Å². The van der Waals surface area contributed by atoms with Gasteiger partial charge in [-0.25, -0.2) is 0 Å². The number of hydrogen-bond donors (Lipinski definition) is 2. The Hall–Kier alpha value is -0.740. The molecule has 8 nitrogen and oxygen atoms in total. The van der Waals surface area contributed by atoms with Crippen LogP contribution in [0.1, 0.15) is 78.6 Å². The number of aliphatic hydroxyl groups excluding tert-OH is 2. The van der Waals surface area contributed by atoms with E-state index in [0.717, 1.165) is 57.6 Å². The minimum absolute atomic E-state index is 0.0241. The highest BCUT2D eigenvalue weighted by molar-refractivity contribution is 7.85. The standard InChI is InChI=1S/C28H48O8S/c1-17(6-9-25(31)34-4)20-7-8-21-26-22(16-24(30)28(20,21)3)27(2)11-10-19(14-18(27)15-23(26)29)35-12-13-36-37(5,32)33/h17-24,26,29-30H,6-16H2,1-5H3/t17-,18?,19+,20-,21+,22+,23-,24+,26+,27+,28-/m1/s1. The monoisotopic (exact) mass is 544 g/mol. The summed E-state index contributed by atoms with van der Waals surface area (Å²) in [6.45, 7) is 7.08. The predicted octanol–water partition coefficient (Wildman–Crippen LogP) is 3.54. The summed E-state index contributed by atoms with van der Waals surface area (Å²) in [5.74, 6) is 1.51. The third-order valence-corrected chi connectivity index (χ3v) is 11.9. The number of esters is 1. The lowest BCUT2D eigenvalue weighted by Crippen LogP contribution is -2.62. The first-order valence-electron chi connectivity index (χ1n) is 14.2. The topological polar surface area (TPSA) is 119 Å². The highest BCUT2D eigenvalue weighted by atomic mass is 32.2. The number of hydrogen-bond acceptors (Lipinski definition) is 8. The number of rotatable bonds is 9. The lowest BCUT2D eigenvalue weighted by molar-refractivity contribution is -0.209. The molecule has 4 aliphatic rings. The molecule has 0 saturated heterocycles. The number of carbonyl (C=O) groups excluding carboxylic acids is 1. The summed E-state index contributed by atoms with van der Waals surface area (Å²) < 4.78 is 38.0. The van der Waals surface area contributed by atoms with E-state index < -0.39 is 22.3 Å². The summed E-state index contributed by atoms with van der Waals surface area (Å²) in [6, 6.07) is 0. The van der Waals surface area contributed by atoms with Crippen LogP contribution in [-0.4, -0.2) is 69.5 Å². The predicted molar refractivity (Wildman–Crippen MR) is 139 cm³/mol. The van der Waals surface area contributed by atoms with Gasteiger partial charge < -0.3 is 19.7 Å². The van der Waals surface area contributed by atoms with Crippen LogP contribution in [0.25, 0.3) is 0 Å². The van der Waals surface area contributed by atoms with Gasteiger partial charge in [0.1, 0.15) is 0 Å². The molecule has 4 saturated carbocycles. The molecule has 0 heterocycles. The first-order valence-corrected chi connectivity index (χ1v) is 16.0. The normalized spacial score (nSPS) is 44.4. The van der Waals surface area contributed by atoms with E-state index in [1.807, 2.05) is 0 Å². The van der Waals surface area contributed by atoms with Gasteiger partial charge in [0.2, 0.25) is 0 Å². The van der Waals surface area contributed by atoms with Crippen molar-refractivity contribution in [3.8, 4) is 0 Å². The molecule has 37 heavy (non-hydrogen) atoms. The maximum absolute atomic E-state index is 11.8. The Balaban J connectivity index is 1.44. The van der Waals surface area contributed by atoms with Gasteiger partial charge >= 0.3 is 5.97 Å². The summed E-state index contributed by atoms with van der Waals surface area (Å²) in [7, 11) is -2.04. The number of methoxy groups -OCH3 is 1. The summed E-state index contributed by atoms with van der Waals surface area (Å²) >= 11 is 0. The molecule has 214 valence electrons. The largest absolute Gasteiger partial charge is 0.469 e. The zero-order chi connectivity index (χ0) is 27.2. The van der Waals surface area contributed by atoms with Crippen LogP contribution in [0, 0.1) is 46.3 Å². The lowest BCUT2D eigenvalue weighted by Gasteiger charge is -2.63. The van der Waals surface area contributed by atoms with Crippen molar-refractivity contribution in [2.24, 2.45) is 46.3 Å². The quantitative estimate of drug-likeness (QED) is 0.257. The van der Waals surface area contributed by atoms with Crippen molar-refractivity contribution >= 4 is 16.1 Å². The average Bonchev–Trinajstić information content (AvgIpc) is 3.19. The molecular weight excluding hydrogens is 496 g/mol. The van der Waals surface area contributed by atoms with E-state index in [1.54, 1.807) is 0 Å². The smallest absolute Gasteiger partial charge is 0.305 e. The van der Waals surface area contributed by atoms with E-state index in [1.165, 1.54) is 7.11 Å². The van der Waals surface area contributed by atoms with Gasteiger partial charge in [-0.05, 0) is 97.7 Å². The van der Waals surface area contributed by atoms with Crippen LogP contribution in [-0.2, 0) is 28.6 Å². The SMILES string of the molecule is COC(=O)CC[C@@H](C)[C@H]1CC[C@H]2[C@@H]3[C@H](O)CC4C[C@@H](OCCOS(C)(=O)=O)CC[C@]4(C)[C@H]3C[C@H](O)[C@]12C. The van der Waals surface area contributed by atoms with E-state index in [9.17, 15) is 23.4 Å². The Labute approximate surface area is 222 Å². The molecule has 0 radical (unpaired) electrons. The molecule has 4 aliphatic carbocycles. The van der Waals surface area contributed by atoms with Gasteiger partial charge in [-0.15, -0.1) is 0 Å². The molecule has 0 aromatic carbocycles. The van der Waals surface area contributed by atoms with Gasteiger partial charge in [0, 0.05) is 6.42 Å². The lowest BCUT2D eigenvalue weighted by atomic mass is 9.43. The van der Waals surface area contributed by atoms with Crippen molar-refractivity contribution in [3.05, 3.63) is 0 Å². The summed E-state index contributed by atoms with van der Waals surface area (Å²) in [5.41, 5.74) is -0.204. The Bertz CT molecular complexity index is 923. The molecule has 9 heteroatoms. The van der Waals surface area contributed by atoms with E-state index in [-0.39, 0.29) is 53.9 Å². The molecule has 0 aromatic rings. The molecule has 0 amide bonds. The number of aliphatic hydroxyl groups is 2. The molecule has 1 unspecified atom stereocenters. The maximum atomic E-state index is 11.8. The van der Waals surface area contributed by atoms with Gasteiger partial charge in [0.25, 0.3) is 10.1 Å². The van der Waals surface area contributed by atoms with Crippen molar-refractivity contribution in [3.63, 3.8) is 0 Å². The fourth-order valence-corrected chi connectivity index (χ4v) is 9.69. The van der Waals surface area contributed by atoms with Crippen LogP contribution >= 0.6 is 0 Å². The molecule has 0 aromatic heterocycles. The maximum Gasteiger partial charge on any atom is 0.305 e. The molecule has 0 spiro atoms. The van der Waals surface area contributed by atoms with E-state index >= 15 is 0 Å². The zero-order valence-electron chi connectivity index (χ0n) is 23.2. The second kappa shape index (κ2) is 11.0. The molecule has 4 fully saturated rings. The number of ether oxygens (including phenoxy) is 2. The van der Waals surface area contributed by atoms with Crippen molar-refractivity contribution in [2.75, 3.05) is 26.6 Å². The first kappa shape index (κ1) is 29.2. The molecular formula is C28H48O8S. The zero-order valence-corrected chi connectivity index (χ0v) is 24.0. The van der Waals surface area contributed by atoms with Crippen LogP contribution < -0.4 is 0 Å². The molecule has 0 aliphatic heterocycles. The van der Waals surface area contributed by atoms with Crippen molar-refractivity contribution in [2.45, 2.75) is 96.9 Å². The van der Waals surface area contributed by atoms with E-state index in [0.29, 0.717) is 24.2 Å². The fourth-order valence-electron chi connectivity index (χ4n) is 9.32. The highest BCUT2D eigenvalue weighted by Gasteiger charge is 2.65. The Morgan fingerprint density at radius 3 is 2.46 bits per heavy atom. The second-order valence-electron chi connectivity index (χ2n) is 13.0. The first-order chi connectivity index (χ1) is 17.3. The average molecular weight is 545 g/mol. The summed E-state index contributed by atoms with van der Waals surface area (Å²) in [5, 5.41) is 23.3. The minimum Gasteiger partial charge on any atom is -0.469 e. The molecule has 4 rings (SSSR count). The Morgan fingerprint density at radius 1 is 1.05 bits per heavy atom. The number of fused-ring (bicyclic) bond motifs is 5. The molecule has 2 N–H and O–H groups in total. The van der Waals surface area contributed by atoms with Crippen molar-refractivity contribution in [1.29, 1.82) is 0 Å². The van der Waals surface area contributed by atoms with Gasteiger partial charge in [-0.1, -0.05) is 20.8 Å². The van der Waals surface area contributed by atoms with Gasteiger partial charge in [-0.3, -0.25) is 8.98 Å². The summed E-state index contributed by atoms with van der Waals surface area (Å²) in [4.78, 5) is 11.8. The fraction of sp³-hybridized carbons (Fsp3) is 0.964. The van der Waals surface area contributed by atoms with Gasteiger partial charge in [0.15, 0.2) is 0 Å². The van der Waals surface area contributed by atoms with E-state index in [4.69, 9.17) is 13.7 Å². The highest BCUT2D eigenvalue weighted by Crippen LogP contribution is 2.68. The Kier molecular flexibility index (Phi) is 8.72. The van der Waals surface area contributed by atoms with Crippen LogP contribution in [0.2, 0.25) is 0 Å². The minimum atomic E-state index is -3.47. The van der Waals surface area contributed by atoms with E-state index in [2.05, 4.69) is 20.8 Å². The van der Waals surface area contributed by atoms with Crippen LogP contribution in [0.3, 0.4) is 0 Å². The molecule has 0 bridgehead atoms. The van der Waals surface area contributed by atoms with Crippen LogP contribution in [0.5, 0.6) is 0 Å². The van der Waals surface area contributed by atoms with Crippen LogP contribution in [0.4, 0.5) is 0 Å². The summed E-state index contributed by atoms with van der Waals surface area (Å²) in [6.07, 6.45) is 7.69. The molecule has 11 atom stereocenters. The third kappa shape index (κ3) is 5.63. The number of carbonyl (C=O) groups is 1. The van der Waals surface area contributed by atoms with Gasteiger partial charge in [-0.2, -0.15) is 8.42 Å². The third-order valence-electron chi connectivity index (χ3n) is 11.3. The van der Waals surface area contributed by atoms with Crippen molar-refractivity contribution in [1.82, 2.24) is 0 Å². The van der Waals surface area contributed by atoms with Gasteiger partial charge in [0.05, 0.1) is 44.9 Å². The second-order valence-corrected chi connectivity index (χ2v) is 14.6. The van der Waals surface area contributed by atoms with Crippen LogP contribution in [0.15, 0.2) is 0 Å².